The van der Waals surface area contributed by atoms with Gasteiger partial charge in [0, 0.05) is 18.8 Å². The standard InChI is InChI=1S/C17H30O6/c1-15(17(21)23-13-9-5-3-7-11-19)14-16(20)22-12-8-4-2-6-10-18/h18-19H,1-14H2. The highest BCUT2D eigenvalue weighted by atomic mass is 16.5. The number of aliphatic hydroxyl groups excluding tert-OH is 2. The lowest BCUT2D eigenvalue weighted by Crippen LogP contribution is -2.14. The van der Waals surface area contributed by atoms with E-state index in [1.165, 1.54) is 0 Å². The van der Waals surface area contributed by atoms with Crippen LogP contribution >= 0.6 is 0 Å². The smallest absolute Gasteiger partial charge is 0.333 e. The molecule has 0 amide bonds. The van der Waals surface area contributed by atoms with Crippen molar-refractivity contribution in [2.45, 2.75) is 57.8 Å². The van der Waals surface area contributed by atoms with E-state index in [0.717, 1.165) is 51.4 Å². The first-order valence-electron chi connectivity index (χ1n) is 8.34. The van der Waals surface area contributed by atoms with Crippen LogP contribution in [0.4, 0.5) is 0 Å². The summed E-state index contributed by atoms with van der Waals surface area (Å²) in [5.74, 6) is -1.04. The van der Waals surface area contributed by atoms with Crippen molar-refractivity contribution in [1.29, 1.82) is 0 Å². The molecule has 0 unspecified atom stereocenters. The van der Waals surface area contributed by atoms with Crippen molar-refractivity contribution in [2.24, 2.45) is 0 Å². The van der Waals surface area contributed by atoms with E-state index in [9.17, 15) is 9.59 Å². The zero-order valence-electron chi connectivity index (χ0n) is 13.9. The van der Waals surface area contributed by atoms with Crippen LogP contribution in [-0.4, -0.2) is 48.6 Å². The fraction of sp³-hybridized carbons (Fsp3) is 0.765. The minimum atomic E-state index is -0.563. The molecule has 0 aliphatic heterocycles. The lowest BCUT2D eigenvalue weighted by molar-refractivity contribution is -0.146. The van der Waals surface area contributed by atoms with E-state index in [0.29, 0.717) is 13.2 Å². The largest absolute Gasteiger partial charge is 0.465 e. The predicted molar refractivity (Wildman–Crippen MR) is 86.8 cm³/mol. The molecule has 0 fully saturated rings. The van der Waals surface area contributed by atoms with E-state index in [-0.39, 0.29) is 25.2 Å². The van der Waals surface area contributed by atoms with Crippen LogP contribution in [0.25, 0.3) is 0 Å². The monoisotopic (exact) mass is 330 g/mol. The minimum absolute atomic E-state index is 0.102. The Kier molecular flexibility index (Phi) is 14.6. The Bertz CT molecular complexity index is 340. The van der Waals surface area contributed by atoms with Gasteiger partial charge in [0.1, 0.15) is 0 Å². The molecular weight excluding hydrogens is 300 g/mol. The fourth-order valence-electron chi connectivity index (χ4n) is 1.89. The van der Waals surface area contributed by atoms with E-state index < -0.39 is 11.9 Å². The van der Waals surface area contributed by atoms with Crippen LogP contribution in [0.5, 0.6) is 0 Å². The molecule has 6 nitrogen and oxygen atoms in total. The second-order valence-corrected chi connectivity index (χ2v) is 5.41. The first kappa shape index (κ1) is 21.6. The zero-order chi connectivity index (χ0) is 17.3. The number of hydrogen-bond donors (Lipinski definition) is 2. The van der Waals surface area contributed by atoms with Gasteiger partial charge in [-0.05, 0) is 38.5 Å². The van der Waals surface area contributed by atoms with Gasteiger partial charge in [-0.3, -0.25) is 4.79 Å². The predicted octanol–water partition coefficient (Wildman–Crippen LogP) is 2.12. The minimum Gasteiger partial charge on any atom is -0.465 e. The van der Waals surface area contributed by atoms with Gasteiger partial charge in [-0.2, -0.15) is 0 Å². The first-order chi connectivity index (χ1) is 11.1. The highest BCUT2D eigenvalue weighted by Crippen LogP contribution is 2.06. The average Bonchev–Trinajstić information content (AvgIpc) is 2.53. The number of rotatable bonds is 15. The molecule has 134 valence electrons. The Morgan fingerprint density at radius 2 is 1.22 bits per heavy atom. The molecule has 0 radical (unpaired) electrons. The van der Waals surface area contributed by atoms with Crippen molar-refractivity contribution >= 4 is 11.9 Å². The molecule has 0 aromatic carbocycles. The third-order valence-corrected chi connectivity index (χ3v) is 3.25. The van der Waals surface area contributed by atoms with Crippen LogP contribution < -0.4 is 0 Å². The van der Waals surface area contributed by atoms with Gasteiger partial charge < -0.3 is 19.7 Å². The maximum Gasteiger partial charge on any atom is 0.333 e. The lowest BCUT2D eigenvalue weighted by atomic mass is 10.2. The van der Waals surface area contributed by atoms with Crippen LogP contribution in [0.1, 0.15) is 57.8 Å². The first-order valence-corrected chi connectivity index (χ1v) is 8.34. The summed E-state index contributed by atoms with van der Waals surface area (Å²) in [5, 5.41) is 17.3. The Hall–Kier alpha value is -1.40. The molecular formula is C17H30O6. The molecule has 0 saturated heterocycles. The highest BCUT2D eigenvalue weighted by molar-refractivity contribution is 5.93. The zero-order valence-corrected chi connectivity index (χ0v) is 13.9. The van der Waals surface area contributed by atoms with Crippen LogP contribution in [-0.2, 0) is 19.1 Å². The molecule has 23 heavy (non-hydrogen) atoms. The van der Waals surface area contributed by atoms with Gasteiger partial charge in [-0.25, -0.2) is 4.79 Å². The summed E-state index contributed by atoms with van der Waals surface area (Å²) in [7, 11) is 0. The van der Waals surface area contributed by atoms with Gasteiger partial charge in [0.2, 0.25) is 0 Å². The molecule has 0 spiro atoms. The molecule has 0 atom stereocenters. The summed E-state index contributed by atoms with van der Waals surface area (Å²) in [6.45, 7) is 4.53. The summed E-state index contributed by atoms with van der Waals surface area (Å²) >= 11 is 0. The number of hydrogen-bond acceptors (Lipinski definition) is 6. The quantitative estimate of drug-likeness (QED) is 0.271. The fourth-order valence-corrected chi connectivity index (χ4v) is 1.89. The van der Waals surface area contributed by atoms with E-state index in [1.54, 1.807) is 0 Å². The molecule has 0 aliphatic rings. The molecule has 0 rings (SSSR count). The van der Waals surface area contributed by atoms with Crippen LogP contribution in [0.3, 0.4) is 0 Å². The topological polar surface area (TPSA) is 93.1 Å². The molecule has 0 aromatic heterocycles. The number of carbonyl (C=O) groups is 2. The molecule has 6 heteroatoms. The molecule has 0 heterocycles. The Morgan fingerprint density at radius 1 is 0.739 bits per heavy atom. The van der Waals surface area contributed by atoms with Crippen molar-refractivity contribution in [3.63, 3.8) is 0 Å². The van der Waals surface area contributed by atoms with Gasteiger partial charge >= 0.3 is 11.9 Å². The lowest BCUT2D eigenvalue weighted by Gasteiger charge is -2.08. The second-order valence-electron chi connectivity index (χ2n) is 5.41. The van der Waals surface area contributed by atoms with Crippen molar-refractivity contribution in [3.8, 4) is 0 Å². The van der Waals surface area contributed by atoms with E-state index in [2.05, 4.69) is 6.58 Å². The van der Waals surface area contributed by atoms with Crippen LogP contribution in [0, 0.1) is 0 Å². The summed E-state index contributed by atoms with van der Waals surface area (Å²) in [4.78, 5) is 23.2. The SMILES string of the molecule is C=C(CC(=O)OCCCCCCO)C(=O)OCCCCCCO. The molecule has 0 saturated carbocycles. The number of aliphatic hydroxyl groups is 2. The number of esters is 2. The summed E-state index contributed by atoms with van der Waals surface area (Å²) in [5.41, 5.74) is 0.102. The van der Waals surface area contributed by atoms with Gasteiger partial charge in [-0.15, -0.1) is 0 Å². The summed E-state index contributed by atoms with van der Waals surface area (Å²) in [6, 6.07) is 0. The van der Waals surface area contributed by atoms with Crippen molar-refractivity contribution in [3.05, 3.63) is 12.2 Å². The molecule has 2 N–H and O–H groups in total. The number of ether oxygens (including phenoxy) is 2. The Labute approximate surface area is 138 Å². The molecule has 0 aromatic rings. The van der Waals surface area contributed by atoms with Crippen molar-refractivity contribution in [2.75, 3.05) is 26.4 Å². The number of carbonyl (C=O) groups excluding carboxylic acids is 2. The third-order valence-electron chi connectivity index (χ3n) is 3.25. The van der Waals surface area contributed by atoms with E-state index in [4.69, 9.17) is 19.7 Å². The van der Waals surface area contributed by atoms with Gasteiger partial charge in [0.25, 0.3) is 0 Å². The van der Waals surface area contributed by atoms with Crippen LogP contribution in [0.15, 0.2) is 12.2 Å². The summed E-state index contributed by atoms with van der Waals surface area (Å²) in [6.07, 6.45) is 6.44. The highest BCUT2D eigenvalue weighted by Gasteiger charge is 2.14. The van der Waals surface area contributed by atoms with E-state index >= 15 is 0 Å². The average molecular weight is 330 g/mol. The third kappa shape index (κ3) is 14.0. The maximum absolute atomic E-state index is 11.6. The second kappa shape index (κ2) is 15.5. The van der Waals surface area contributed by atoms with Gasteiger partial charge in [-0.1, -0.05) is 19.4 Å². The maximum atomic E-state index is 11.6. The number of unbranched alkanes of at least 4 members (excludes halogenated alkanes) is 6. The normalized spacial score (nSPS) is 10.3. The Morgan fingerprint density at radius 3 is 1.74 bits per heavy atom. The molecule has 0 bridgehead atoms. The van der Waals surface area contributed by atoms with Crippen molar-refractivity contribution in [1.82, 2.24) is 0 Å². The van der Waals surface area contributed by atoms with Crippen LogP contribution in [0.2, 0.25) is 0 Å². The van der Waals surface area contributed by atoms with Gasteiger partial charge in [0.05, 0.1) is 19.6 Å². The Balaban J connectivity index is 3.61. The van der Waals surface area contributed by atoms with E-state index in [1.807, 2.05) is 0 Å². The molecule has 0 aliphatic carbocycles. The van der Waals surface area contributed by atoms with Gasteiger partial charge in [0.15, 0.2) is 0 Å². The van der Waals surface area contributed by atoms with Crippen molar-refractivity contribution < 1.29 is 29.3 Å². The summed E-state index contributed by atoms with van der Waals surface area (Å²) < 4.78 is 10.0.